The Labute approximate surface area is 226 Å². The standard InChI is InChI=1S/C34H36O4/c1-5-27-23(2)34(26-16-17-30(31(18-26)35-3)37-21-24-12-8-6-9-13-24)29-20-33(32(36-4)19-28(27)29)38-22-25-14-10-7-11-15-25/h6-20,23,27,34H,5,21-22H2,1-4H3/t23-,27-,34-/m0/s1. The molecule has 0 amide bonds. The molecule has 0 radical (unpaired) electrons. The van der Waals surface area contributed by atoms with E-state index in [4.69, 9.17) is 18.9 Å². The lowest BCUT2D eigenvalue weighted by Crippen LogP contribution is -2.10. The average Bonchev–Trinajstić information content (AvgIpc) is 3.25. The Kier molecular flexibility index (Phi) is 7.88. The third kappa shape index (κ3) is 5.22. The molecule has 0 saturated carbocycles. The van der Waals surface area contributed by atoms with Crippen LogP contribution in [0, 0.1) is 5.92 Å². The van der Waals surface area contributed by atoms with Crippen molar-refractivity contribution in [2.75, 3.05) is 14.2 Å². The van der Waals surface area contributed by atoms with Crippen LogP contribution in [0.3, 0.4) is 0 Å². The highest BCUT2D eigenvalue weighted by Gasteiger charge is 2.39. The van der Waals surface area contributed by atoms with E-state index in [1.165, 1.54) is 16.7 Å². The first-order chi connectivity index (χ1) is 18.6. The summed E-state index contributed by atoms with van der Waals surface area (Å²) in [7, 11) is 3.42. The summed E-state index contributed by atoms with van der Waals surface area (Å²) in [6.45, 7) is 5.61. The van der Waals surface area contributed by atoms with E-state index in [1.807, 2.05) is 42.5 Å². The van der Waals surface area contributed by atoms with Gasteiger partial charge in [-0.1, -0.05) is 80.6 Å². The summed E-state index contributed by atoms with van der Waals surface area (Å²) in [6, 6.07) is 31.2. The van der Waals surface area contributed by atoms with Crippen molar-refractivity contribution in [3.05, 3.63) is 119 Å². The van der Waals surface area contributed by atoms with Gasteiger partial charge < -0.3 is 18.9 Å². The lowest BCUT2D eigenvalue weighted by molar-refractivity contribution is 0.283. The summed E-state index contributed by atoms with van der Waals surface area (Å²) in [5.74, 6) is 4.14. The summed E-state index contributed by atoms with van der Waals surface area (Å²) in [5, 5.41) is 0. The molecule has 0 heterocycles. The van der Waals surface area contributed by atoms with Crippen molar-refractivity contribution in [3.8, 4) is 23.0 Å². The molecule has 1 aliphatic carbocycles. The van der Waals surface area contributed by atoms with Crippen LogP contribution in [0.5, 0.6) is 23.0 Å². The van der Waals surface area contributed by atoms with Crippen LogP contribution in [0.1, 0.15) is 59.9 Å². The van der Waals surface area contributed by atoms with Gasteiger partial charge in [0.05, 0.1) is 14.2 Å². The Balaban J connectivity index is 1.46. The molecule has 3 atom stereocenters. The minimum absolute atomic E-state index is 0.219. The lowest BCUT2D eigenvalue weighted by atomic mass is 9.83. The molecule has 4 aromatic carbocycles. The molecular formula is C34H36O4. The van der Waals surface area contributed by atoms with Crippen LogP contribution in [-0.4, -0.2) is 14.2 Å². The third-order valence-corrected chi connectivity index (χ3v) is 7.73. The zero-order valence-electron chi connectivity index (χ0n) is 22.6. The number of rotatable bonds is 10. The Morgan fingerprint density at radius 3 is 1.74 bits per heavy atom. The Morgan fingerprint density at radius 2 is 1.16 bits per heavy atom. The minimum atomic E-state index is 0.219. The van der Waals surface area contributed by atoms with Gasteiger partial charge >= 0.3 is 0 Å². The highest BCUT2D eigenvalue weighted by molar-refractivity contribution is 5.57. The van der Waals surface area contributed by atoms with Crippen molar-refractivity contribution in [1.29, 1.82) is 0 Å². The number of hydrogen-bond donors (Lipinski definition) is 0. The van der Waals surface area contributed by atoms with Crippen molar-refractivity contribution in [3.63, 3.8) is 0 Å². The molecule has 0 unspecified atom stereocenters. The lowest BCUT2D eigenvalue weighted by Gasteiger charge is -2.22. The Morgan fingerprint density at radius 1 is 0.605 bits per heavy atom. The second-order valence-electron chi connectivity index (χ2n) is 9.94. The largest absolute Gasteiger partial charge is 0.493 e. The summed E-state index contributed by atoms with van der Waals surface area (Å²) in [4.78, 5) is 0. The molecule has 0 saturated heterocycles. The van der Waals surface area contributed by atoms with E-state index < -0.39 is 0 Å². The molecular weight excluding hydrogens is 472 g/mol. The molecule has 0 bridgehead atoms. The minimum Gasteiger partial charge on any atom is -0.493 e. The topological polar surface area (TPSA) is 36.9 Å². The second-order valence-corrected chi connectivity index (χ2v) is 9.94. The van der Waals surface area contributed by atoms with E-state index in [0.29, 0.717) is 25.0 Å². The highest BCUT2D eigenvalue weighted by Crippen LogP contribution is 2.54. The first-order valence-corrected chi connectivity index (χ1v) is 13.4. The zero-order chi connectivity index (χ0) is 26.5. The second kappa shape index (κ2) is 11.6. The van der Waals surface area contributed by atoms with Crippen LogP contribution in [0.15, 0.2) is 91.0 Å². The normalized spacial score (nSPS) is 18.1. The molecule has 4 aromatic rings. The van der Waals surface area contributed by atoms with Crippen molar-refractivity contribution in [2.24, 2.45) is 5.92 Å². The van der Waals surface area contributed by atoms with Gasteiger partial charge in [0, 0.05) is 5.92 Å². The maximum absolute atomic E-state index is 6.30. The van der Waals surface area contributed by atoms with Crippen molar-refractivity contribution < 1.29 is 18.9 Å². The van der Waals surface area contributed by atoms with E-state index in [-0.39, 0.29) is 5.92 Å². The van der Waals surface area contributed by atoms with Gasteiger partial charge in [0.25, 0.3) is 0 Å². The van der Waals surface area contributed by atoms with Crippen molar-refractivity contribution >= 4 is 0 Å². The molecule has 196 valence electrons. The van der Waals surface area contributed by atoms with Crippen molar-refractivity contribution in [2.45, 2.75) is 45.3 Å². The van der Waals surface area contributed by atoms with Crippen LogP contribution in [0.4, 0.5) is 0 Å². The van der Waals surface area contributed by atoms with Crippen LogP contribution in [0.25, 0.3) is 0 Å². The summed E-state index contributed by atoms with van der Waals surface area (Å²) in [6.07, 6.45) is 1.06. The van der Waals surface area contributed by atoms with Gasteiger partial charge in [0.1, 0.15) is 13.2 Å². The maximum atomic E-state index is 6.30. The smallest absolute Gasteiger partial charge is 0.161 e. The molecule has 0 N–H and O–H groups in total. The van der Waals surface area contributed by atoms with Gasteiger partial charge in [0.15, 0.2) is 23.0 Å². The van der Waals surface area contributed by atoms with E-state index in [1.54, 1.807) is 14.2 Å². The van der Waals surface area contributed by atoms with Gasteiger partial charge in [-0.15, -0.1) is 0 Å². The third-order valence-electron chi connectivity index (χ3n) is 7.73. The Bertz CT molecular complexity index is 1350. The van der Waals surface area contributed by atoms with Gasteiger partial charge in [-0.25, -0.2) is 0 Å². The van der Waals surface area contributed by atoms with Gasteiger partial charge in [0.2, 0.25) is 0 Å². The molecule has 1 aliphatic rings. The molecule has 0 aromatic heterocycles. The fourth-order valence-corrected chi connectivity index (χ4v) is 5.80. The summed E-state index contributed by atoms with van der Waals surface area (Å²) in [5.41, 5.74) is 6.12. The maximum Gasteiger partial charge on any atom is 0.161 e. The molecule has 4 heteroatoms. The SMILES string of the molecule is CC[C@@H]1c2cc(OC)c(OCc3ccccc3)cc2[C@H](c2ccc(OCc3ccccc3)c(OC)c2)[C@H]1C. The molecule has 0 fully saturated rings. The summed E-state index contributed by atoms with van der Waals surface area (Å²) >= 11 is 0. The predicted octanol–water partition coefficient (Wildman–Crippen LogP) is 8.14. The number of ether oxygens (including phenoxy) is 4. The van der Waals surface area contributed by atoms with Crippen LogP contribution in [-0.2, 0) is 13.2 Å². The number of benzene rings is 4. The molecule has 5 rings (SSSR count). The number of hydrogen-bond acceptors (Lipinski definition) is 4. The highest BCUT2D eigenvalue weighted by atomic mass is 16.5. The van der Waals surface area contributed by atoms with Crippen LogP contribution in [0.2, 0.25) is 0 Å². The zero-order valence-corrected chi connectivity index (χ0v) is 22.6. The molecule has 0 spiro atoms. The average molecular weight is 509 g/mol. The Hall–Kier alpha value is -3.92. The van der Waals surface area contributed by atoms with E-state index in [2.05, 4.69) is 62.4 Å². The van der Waals surface area contributed by atoms with Gasteiger partial charge in [-0.3, -0.25) is 0 Å². The molecule has 38 heavy (non-hydrogen) atoms. The quantitative estimate of drug-likeness (QED) is 0.217. The van der Waals surface area contributed by atoms with Crippen LogP contribution >= 0.6 is 0 Å². The van der Waals surface area contributed by atoms with E-state index >= 15 is 0 Å². The number of methoxy groups -OCH3 is 2. The van der Waals surface area contributed by atoms with E-state index in [9.17, 15) is 0 Å². The number of fused-ring (bicyclic) bond motifs is 1. The monoisotopic (exact) mass is 508 g/mol. The van der Waals surface area contributed by atoms with Crippen LogP contribution < -0.4 is 18.9 Å². The van der Waals surface area contributed by atoms with Gasteiger partial charge in [-0.2, -0.15) is 0 Å². The van der Waals surface area contributed by atoms with Crippen molar-refractivity contribution in [1.82, 2.24) is 0 Å². The van der Waals surface area contributed by atoms with E-state index in [0.717, 1.165) is 40.5 Å². The van der Waals surface area contributed by atoms with Gasteiger partial charge in [-0.05, 0) is 70.3 Å². The predicted molar refractivity (Wildman–Crippen MR) is 152 cm³/mol. The molecule has 4 nitrogen and oxygen atoms in total. The first kappa shape index (κ1) is 25.7. The summed E-state index contributed by atoms with van der Waals surface area (Å²) < 4.78 is 24.0. The fourth-order valence-electron chi connectivity index (χ4n) is 5.80. The fraction of sp³-hybridized carbons (Fsp3) is 0.294. The first-order valence-electron chi connectivity index (χ1n) is 13.4. The molecule has 0 aliphatic heterocycles.